The summed E-state index contributed by atoms with van der Waals surface area (Å²) in [6.07, 6.45) is -2.49. The van der Waals surface area contributed by atoms with Crippen molar-refractivity contribution in [2.24, 2.45) is 0 Å². The zero-order chi connectivity index (χ0) is 8.97. The molecule has 0 aromatic carbocycles. The Morgan fingerprint density at radius 3 is 2.67 bits per heavy atom. The predicted octanol–water partition coefficient (Wildman–Crippen LogP) is 1.88. The molecule has 0 bridgehead atoms. The van der Waals surface area contributed by atoms with Gasteiger partial charge in [0.1, 0.15) is 4.60 Å². The van der Waals surface area contributed by atoms with Crippen molar-refractivity contribution < 1.29 is 13.5 Å². The fourth-order valence-corrected chi connectivity index (χ4v) is 0.741. The molecule has 0 radical (unpaired) electrons. The average Bonchev–Trinajstić information content (AvgIpc) is 2.03. The van der Waals surface area contributed by atoms with Crippen molar-refractivity contribution in [3.63, 3.8) is 0 Å². The van der Waals surface area contributed by atoms with Gasteiger partial charge in [0.25, 0.3) is 6.43 Å². The molecule has 1 aromatic heterocycles. The second kappa shape index (κ2) is 4.30. The van der Waals surface area contributed by atoms with Crippen LogP contribution >= 0.6 is 15.9 Å². The highest BCUT2D eigenvalue weighted by molar-refractivity contribution is 9.10. The lowest BCUT2D eigenvalue weighted by atomic mass is 10.6. The van der Waals surface area contributed by atoms with Crippen LogP contribution in [0.25, 0.3) is 0 Å². The molecule has 1 aromatic rings. The molecule has 0 unspecified atom stereocenters. The van der Waals surface area contributed by atoms with Gasteiger partial charge in [-0.1, -0.05) is 0 Å². The van der Waals surface area contributed by atoms with E-state index in [1.54, 1.807) is 6.07 Å². The van der Waals surface area contributed by atoms with Crippen molar-refractivity contribution in [3.05, 3.63) is 16.7 Å². The maximum atomic E-state index is 11.6. The van der Waals surface area contributed by atoms with Crippen molar-refractivity contribution in [2.45, 2.75) is 6.43 Å². The van der Waals surface area contributed by atoms with Crippen LogP contribution in [0, 0.1) is 0 Å². The quantitative estimate of drug-likeness (QED) is 0.807. The molecule has 0 aliphatic carbocycles. The first-order valence-corrected chi connectivity index (χ1v) is 3.88. The van der Waals surface area contributed by atoms with Crippen LogP contribution in [-0.4, -0.2) is 23.2 Å². The molecular formula is C6H5BrF2N2O. The van der Waals surface area contributed by atoms with Gasteiger partial charge in [0, 0.05) is 6.07 Å². The van der Waals surface area contributed by atoms with Gasteiger partial charge in [0.05, 0.1) is 0 Å². The summed E-state index contributed by atoms with van der Waals surface area (Å²) in [6, 6.07) is 3.02. The van der Waals surface area contributed by atoms with E-state index in [0.717, 1.165) is 0 Å². The minimum absolute atomic E-state index is 0.0958. The molecule has 0 saturated carbocycles. The molecule has 0 aliphatic heterocycles. The third kappa shape index (κ3) is 3.08. The molecule has 0 N–H and O–H groups in total. The standard InChI is InChI=1S/C6H5BrF2N2O/c7-4-1-2-6(11-10-4)12-3-5(8)9/h1-2,5H,3H2. The van der Waals surface area contributed by atoms with E-state index in [0.29, 0.717) is 4.60 Å². The van der Waals surface area contributed by atoms with E-state index in [4.69, 9.17) is 0 Å². The molecule has 66 valence electrons. The maximum Gasteiger partial charge on any atom is 0.272 e. The van der Waals surface area contributed by atoms with Gasteiger partial charge in [-0.15, -0.1) is 10.2 Å². The molecule has 1 heterocycles. The number of alkyl halides is 2. The van der Waals surface area contributed by atoms with Crippen LogP contribution in [0.3, 0.4) is 0 Å². The van der Waals surface area contributed by atoms with Crippen LogP contribution in [0.1, 0.15) is 0 Å². The lowest BCUT2D eigenvalue weighted by molar-refractivity contribution is 0.0790. The zero-order valence-corrected chi connectivity index (χ0v) is 7.46. The van der Waals surface area contributed by atoms with Crippen LogP contribution in [0.15, 0.2) is 16.7 Å². The Hall–Kier alpha value is -0.780. The Balaban J connectivity index is 2.48. The fourth-order valence-electron chi connectivity index (χ4n) is 0.529. The monoisotopic (exact) mass is 238 g/mol. The van der Waals surface area contributed by atoms with Crippen LogP contribution in [0.2, 0.25) is 0 Å². The topological polar surface area (TPSA) is 35.0 Å². The number of aromatic nitrogens is 2. The predicted molar refractivity (Wildman–Crippen MR) is 41.2 cm³/mol. The van der Waals surface area contributed by atoms with Gasteiger partial charge in [-0.25, -0.2) is 8.78 Å². The average molecular weight is 239 g/mol. The van der Waals surface area contributed by atoms with E-state index < -0.39 is 13.0 Å². The number of rotatable bonds is 3. The van der Waals surface area contributed by atoms with Crippen LogP contribution in [-0.2, 0) is 0 Å². The van der Waals surface area contributed by atoms with E-state index >= 15 is 0 Å². The highest BCUT2D eigenvalue weighted by atomic mass is 79.9. The normalized spacial score (nSPS) is 10.3. The molecule has 0 amide bonds. The highest BCUT2D eigenvalue weighted by Gasteiger charge is 2.03. The molecule has 0 saturated heterocycles. The van der Waals surface area contributed by atoms with Crippen molar-refractivity contribution in [2.75, 3.05) is 6.61 Å². The summed E-state index contributed by atoms with van der Waals surface area (Å²) in [5, 5.41) is 7.05. The minimum atomic E-state index is -2.49. The Morgan fingerprint density at radius 1 is 1.42 bits per heavy atom. The van der Waals surface area contributed by atoms with E-state index in [1.165, 1.54) is 6.07 Å². The van der Waals surface area contributed by atoms with Crippen molar-refractivity contribution in [1.82, 2.24) is 10.2 Å². The third-order valence-corrected chi connectivity index (χ3v) is 1.39. The van der Waals surface area contributed by atoms with Crippen LogP contribution in [0.4, 0.5) is 8.78 Å². The summed E-state index contributed by atoms with van der Waals surface area (Å²) in [6.45, 7) is -0.656. The highest BCUT2D eigenvalue weighted by Crippen LogP contribution is 2.09. The van der Waals surface area contributed by atoms with E-state index in [9.17, 15) is 8.78 Å². The third-order valence-electron chi connectivity index (χ3n) is 0.965. The molecule has 0 fully saturated rings. The first kappa shape index (κ1) is 9.31. The van der Waals surface area contributed by atoms with Gasteiger partial charge in [-0.3, -0.25) is 0 Å². The van der Waals surface area contributed by atoms with E-state index in [2.05, 4.69) is 30.9 Å². The molecule has 0 aliphatic rings. The summed E-state index contributed by atoms with van der Waals surface area (Å²) in [7, 11) is 0. The summed E-state index contributed by atoms with van der Waals surface area (Å²) in [4.78, 5) is 0. The minimum Gasteiger partial charge on any atom is -0.471 e. The molecule has 1 rings (SSSR count). The SMILES string of the molecule is FC(F)COc1ccc(Br)nn1. The van der Waals surface area contributed by atoms with Gasteiger partial charge < -0.3 is 4.74 Å². The number of nitrogens with zero attached hydrogens (tertiary/aromatic N) is 2. The summed E-state index contributed by atoms with van der Waals surface area (Å²) in [5.41, 5.74) is 0. The smallest absolute Gasteiger partial charge is 0.272 e. The molecule has 0 spiro atoms. The maximum absolute atomic E-state index is 11.6. The summed E-state index contributed by atoms with van der Waals surface area (Å²) >= 11 is 3.05. The second-order valence-corrected chi connectivity index (χ2v) is 2.71. The summed E-state index contributed by atoms with van der Waals surface area (Å²) in [5.74, 6) is 0.0958. The van der Waals surface area contributed by atoms with Crippen LogP contribution in [0.5, 0.6) is 5.88 Å². The second-order valence-electron chi connectivity index (χ2n) is 1.90. The molecular weight excluding hydrogens is 234 g/mol. The summed E-state index contributed by atoms with van der Waals surface area (Å²) < 4.78 is 28.3. The first-order valence-electron chi connectivity index (χ1n) is 3.08. The molecule has 6 heteroatoms. The van der Waals surface area contributed by atoms with Crippen LogP contribution < -0.4 is 4.74 Å². The number of halogens is 3. The van der Waals surface area contributed by atoms with Crippen molar-refractivity contribution in [3.8, 4) is 5.88 Å². The molecule has 0 atom stereocenters. The lowest BCUT2D eigenvalue weighted by Crippen LogP contribution is -2.08. The number of hydrogen-bond donors (Lipinski definition) is 0. The largest absolute Gasteiger partial charge is 0.471 e. The Kier molecular flexibility index (Phi) is 3.33. The number of hydrogen-bond acceptors (Lipinski definition) is 3. The number of ether oxygens (including phenoxy) is 1. The van der Waals surface area contributed by atoms with Gasteiger partial charge in [0.15, 0.2) is 6.61 Å². The Morgan fingerprint density at radius 2 is 2.17 bits per heavy atom. The van der Waals surface area contributed by atoms with Crippen molar-refractivity contribution in [1.29, 1.82) is 0 Å². The van der Waals surface area contributed by atoms with E-state index in [-0.39, 0.29) is 5.88 Å². The zero-order valence-electron chi connectivity index (χ0n) is 5.88. The van der Waals surface area contributed by atoms with Gasteiger partial charge in [-0.05, 0) is 22.0 Å². The first-order chi connectivity index (χ1) is 5.68. The lowest BCUT2D eigenvalue weighted by Gasteiger charge is -2.01. The Labute approximate surface area is 75.9 Å². The Bertz CT molecular complexity index is 242. The molecule has 12 heavy (non-hydrogen) atoms. The van der Waals surface area contributed by atoms with E-state index in [1.807, 2.05) is 0 Å². The fraction of sp³-hybridized carbons (Fsp3) is 0.333. The van der Waals surface area contributed by atoms with Gasteiger partial charge in [0.2, 0.25) is 5.88 Å². The van der Waals surface area contributed by atoms with Gasteiger partial charge in [-0.2, -0.15) is 0 Å². The van der Waals surface area contributed by atoms with Gasteiger partial charge >= 0.3 is 0 Å². The van der Waals surface area contributed by atoms with Crippen molar-refractivity contribution >= 4 is 15.9 Å². The molecule has 3 nitrogen and oxygen atoms in total.